The lowest BCUT2D eigenvalue weighted by atomic mass is 10.0. The zero-order chi connectivity index (χ0) is 18.7. The number of aromatic hydroxyl groups is 1. The van der Waals surface area contributed by atoms with Crippen LogP contribution in [0.3, 0.4) is 0 Å². The van der Waals surface area contributed by atoms with E-state index in [2.05, 4.69) is 4.99 Å². The first-order valence-electron chi connectivity index (χ1n) is 7.23. The molecule has 7 nitrogen and oxygen atoms in total. The molecule has 25 heavy (non-hydrogen) atoms. The maximum Gasteiger partial charge on any atom is 0.315 e. The fraction of sp³-hybridized carbons (Fsp3) is 0.235. The lowest BCUT2D eigenvalue weighted by Crippen LogP contribution is -2.00. The first-order valence-corrected chi connectivity index (χ1v) is 7.61. The quantitative estimate of drug-likeness (QED) is 0.484. The van der Waals surface area contributed by atoms with Crippen molar-refractivity contribution in [2.24, 2.45) is 4.99 Å². The maximum atomic E-state index is 11.2. The van der Waals surface area contributed by atoms with E-state index < -0.39 is 16.4 Å². The predicted octanol–water partition coefficient (Wildman–Crippen LogP) is 4.34. The normalized spacial score (nSPS) is 10.9. The van der Waals surface area contributed by atoms with Crippen LogP contribution in [-0.4, -0.2) is 30.5 Å². The molecule has 2 aromatic rings. The van der Waals surface area contributed by atoms with Crippen LogP contribution in [0.1, 0.15) is 16.7 Å². The van der Waals surface area contributed by atoms with Crippen LogP contribution < -0.4 is 9.47 Å². The summed E-state index contributed by atoms with van der Waals surface area (Å²) in [6.45, 7) is 3.14. The minimum absolute atomic E-state index is 0.173. The Morgan fingerprint density at radius 1 is 1.24 bits per heavy atom. The van der Waals surface area contributed by atoms with Crippen LogP contribution in [0.2, 0.25) is 5.02 Å². The zero-order valence-corrected chi connectivity index (χ0v) is 14.9. The van der Waals surface area contributed by atoms with Crippen molar-refractivity contribution in [2.45, 2.75) is 13.8 Å². The molecule has 0 aliphatic carbocycles. The third kappa shape index (κ3) is 3.51. The molecule has 0 aliphatic rings. The Morgan fingerprint density at radius 2 is 1.92 bits per heavy atom. The fourth-order valence-corrected chi connectivity index (χ4v) is 2.59. The topological polar surface area (TPSA) is 94.2 Å². The van der Waals surface area contributed by atoms with Gasteiger partial charge in [0.1, 0.15) is 17.2 Å². The molecule has 0 saturated heterocycles. The van der Waals surface area contributed by atoms with E-state index in [1.165, 1.54) is 27.4 Å². The number of phenols is 1. The van der Waals surface area contributed by atoms with E-state index in [0.717, 1.165) is 0 Å². The Hall–Kier alpha value is -2.80. The number of halogens is 1. The fourth-order valence-electron chi connectivity index (χ4n) is 2.40. The van der Waals surface area contributed by atoms with Gasteiger partial charge in [-0.25, -0.2) is 0 Å². The second-order valence-electron chi connectivity index (χ2n) is 5.23. The number of ether oxygens (including phenoxy) is 2. The third-order valence-electron chi connectivity index (χ3n) is 3.80. The standard InChI is InChI=1S/C17H17ClN2O5/c1-9-12(17(21)16(20(22)23)10(2)15(9)18)8-19-13-7-11(24-3)5-6-14(13)25-4/h5-8,21H,1-4H3. The van der Waals surface area contributed by atoms with Crippen molar-refractivity contribution >= 4 is 29.2 Å². The molecule has 132 valence electrons. The van der Waals surface area contributed by atoms with Crippen LogP contribution >= 0.6 is 11.6 Å². The van der Waals surface area contributed by atoms with Crippen molar-refractivity contribution in [1.29, 1.82) is 0 Å². The van der Waals surface area contributed by atoms with E-state index >= 15 is 0 Å². The van der Waals surface area contributed by atoms with Gasteiger partial charge in [-0.2, -0.15) is 0 Å². The first kappa shape index (κ1) is 18.5. The molecule has 0 amide bonds. The number of rotatable bonds is 5. The number of nitro groups is 1. The third-order valence-corrected chi connectivity index (χ3v) is 4.37. The number of hydrogen-bond acceptors (Lipinski definition) is 6. The Bertz CT molecular complexity index is 865. The van der Waals surface area contributed by atoms with Gasteiger partial charge < -0.3 is 14.6 Å². The lowest BCUT2D eigenvalue weighted by molar-refractivity contribution is -0.386. The minimum atomic E-state index is -0.667. The molecular weight excluding hydrogens is 348 g/mol. The molecule has 0 fully saturated rings. The summed E-state index contributed by atoms with van der Waals surface area (Å²) in [5.41, 5.74) is 0.882. The van der Waals surface area contributed by atoms with E-state index in [4.69, 9.17) is 21.1 Å². The average Bonchev–Trinajstić information content (AvgIpc) is 2.59. The van der Waals surface area contributed by atoms with Crippen molar-refractivity contribution in [3.05, 3.63) is 50.0 Å². The number of benzene rings is 2. The van der Waals surface area contributed by atoms with Crippen LogP contribution in [0.5, 0.6) is 17.2 Å². The second-order valence-corrected chi connectivity index (χ2v) is 5.61. The van der Waals surface area contributed by atoms with Crippen LogP contribution in [0.25, 0.3) is 0 Å². The molecular formula is C17H17ClN2O5. The summed E-state index contributed by atoms with van der Waals surface area (Å²) in [6.07, 6.45) is 1.32. The van der Waals surface area contributed by atoms with Gasteiger partial charge in [-0.3, -0.25) is 15.1 Å². The van der Waals surface area contributed by atoms with Gasteiger partial charge in [0.2, 0.25) is 5.75 Å². The number of nitro benzene ring substituents is 1. The van der Waals surface area contributed by atoms with Crippen molar-refractivity contribution in [3.8, 4) is 17.2 Å². The van der Waals surface area contributed by atoms with Gasteiger partial charge >= 0.3 is 5.69 Å². The highest BCUT2D eigenvalue weighted by molar-refractivity contribution is 6.33. The summed E-state index contributed by atoms with van der Waals surface area (Å²) in [7, 11) is 3.02. The Balaban J connectivity index is 2.61. The molecule has 0 aromatic heterocycles. The summed E-state index contributed by atoms with van der Waals surface area (Å²) >= 11 is 6.17. The smallest absolute Gasteiger partial charge is 0.315 e. The molecule has 0 saturated carbocycles. The van der Waals surface area contributed by atoms with Gasteiger partial charge in [-0.15, -0.1) is 0 Å². The molecule has 2 aromatic carbocycles. The number of phenolic OH excluding ortho intramolecular Hbond substituents is 1. The van der Waals surface area contributed by atoms with E-state index in [1.54, 1.807) is 25.1 Å². The van der Waals surface area contributed by atoms with Crippen LogP contribution in [0.4, 0.5) is 11.4 Å². The van der Waals surface area contributed by atoms with Crippen molar-refractivity contribution in [3.63, 3.8) is 0 Å². The number of hydrogen-bond donors (Lipinski definition) is 1. The summed E-state index contributed by atoms with van der Waals surface area (Å²) < 4.78 is 10.4. The molecule has 0 unspecified atom stereocenters. The molecule has 0 heterocycles. The molecule has 0 atom stereocenters. The number of methoxy groups -OCH3 is 2. The zero-order valence-electron chi connectivity index (χ0n) is 14.2. The maximum absolute atomic E-state index is 11.2. The molecule has 8 heteroatoms. The summed E-state index contributed by atoms with van der Waals surface area (Å²) in [5.74, 6) is 0.582. The van der Waals surface area contributed by atoms with Crippen molar-refractivity contribution in [1.82, 2.24) is 0 Å². The molecule has 1 N–H and O–H groups in total. The SMILES string of the molecule is COc1ccc(OC)c(N=Cc2c(C)c(Cl)c(C)c([N+](=O)[O-])c2O)c1. The average molecular weight is 365 g/mol. The Labute approximate surface area is 149 Å². The Kier molecular flexibility index (Phi) is 5.48. The van der Waals surface area contributed by atoms with E-state index in [0.29, 0.717) is 22.7 Å². The number of aliphatic imine (C=N–C) groups is 1. The summed E-state index contributed by atoms with van der Waals surface area (Å²) in [5, 5.41) is 21.7. The molecule has 0 bridgehead atoms. The van der Waals surface area contributed by atoms with Gasteiger partial charge in [0.15, 0.2) is 0 Å². The highest BCUT2D eigenvalue weighted by Gasteiger charge is 2.25. The minimum Gasteiger partial charge on any atom is -0.502 e. The summed E-state index contributed by atoms with van der Waals surface area (Å²) in [4.78, 5) is 14.8. The summed E-state index contributed by atoms with van der Waals surface area (Å²) in [6, 6.07) is 5.04. The van der Waals surface area contributed by atoms with Crippen LogP contribution in [0.15, 0.2) is 23.2 Å². The monoisotopic (exact) mass is 364 g/mol. The predicted molar refractivity (Wildman–Crippen MR) is 96.0 cm³/mol. The molecule has 0 radical (unpaired) electrons. The van der Waals surface area contributed by atoms with E-state index in [9.17, 15) is 15.2 Å². The van der Waals surface area contributed by atoms with Crippen molar-refractivity contribution in [2.75, 3.05) is 14.2 Å². The van der Waals surface area contributed by atoms with E-state index in [-0.39, 0.29) is 16.1 Å². The van der Waals surface area contributed by atoms with Gasteiger partial charge in [-0.1, -0.05) is 11.6 Å². The second kappa shape index (κ2) is 7.40. The van der Waals surface area contributed by atoms with Crippen LogP contribution in [-0.2, 0) is 0 Å². The molecule has 2 rings (SSSR count). The van der Waals surface area contributed by atoms with Crippen molar-refractivity contribution < 1.29 is 19.5 Å². The number of nitrogens with zero attached hydrogens (tertiary/aromatic N) is 2. The highest BCUT2D eigenvalue weighted by atomic mass is 35.5. The van der Waals surface area contributed by atoms with Gasteiger partial charge in [-0.05, 0) is 31.5 Å². The molecule has 0 aliphatic heterocycles. The van der Waals surface area contributed by atoms with E-state index in [1.807, 2.05) is 0 Å². The lowest BCUT2D eigenvalue weighted by Gasteiger charge is -2.11. The Morgan fingerprint density at radius 3 is 2.48 bits per heavy atom. The van der Waals surface area contributed by atoms with Gasteiger partial charge in [0.05, 0.1) is 24.2 Å². The first-order chi connectivity index (χ1) is 11.8. The highest BCUT2D eigenvalue weighted by Crippen LogP contribution is 2.40. The van der Waals surface area contributed by atoms with Gasteiger partial charge in [0.25, 0.3) is 0 Å². The molecule has 0 spiro atoms. The largest absolute Gasteiger partial charge is 0.502 e. The van der Waals surface area contributed by atoms with Crippen LogP contribution in [0, 0.1) is 24.0 Å². The van der Waals surface area contributed by atoms with Gasteiger partial charge in [0, 0.05) is 23.4 Å².